The zero-order valence-electron chi connectivity index (χ0n) is 15.4. The van der Waals surface area contributed by atoms with Gasteiger partial charge in [-0.05, 0) is 43.9 Å². The molecule has 2 fully saturated rings. The second-order valence-electron chi connectivity index (χ2n) is 7.72. The van der Waals surface area contributed by atoms with Crippen LogP contribution >= 0.6 is 11.6 Å². The number of anilines is 1. The SMILES string of the molecule is C[C@@H]1CCCC[C@H]1NC(=O)[C@@H](C)[NH+]1CCN(c2cccc(Cl)c2)CC1. The zero-order chi connectivity index (χ0) is 17.8. The maximum Gasteiger partial charge on any atom is 0.278 e. The third-order valence-electron chi connectivity index (χ3n) is 6.02. The van der Waals surface area contributed by atoms with Crippen LogP contribution < -0.4 is 15.1 Å². The van der Waals surface area contributed by atoms with Crippen molar-refractivity contribution in [1.29, 1.82) is 0 Å². The van der Waals surface area contributed by atoms with Crippen LogP contribution in [0.5, 0.6) is 0 Å². The summed E-state index contributed by atoms with van der Waals surface area (Å²) in [5.41, 5.74) is 1.18. The van der Waals surface area contributed by atoms with Gasteiger partial charge in [0.15, 0.2) is 6.04 Å². The van der Waals surface area contributed by atoms with Crippen molar-refractivity contribution in [2.75, 3.05) is 31.1 Å². The van der Waals surface area contributed by atoms with Gasteiger partial charge in [-0.25, -0.2) is 0 Å². The third-order valence-corrected chi connectivity index (χ3v) is 6.26. The Bertz CT molecular complexity index is 586. The summed E-state index contributed by atoms with van der Waals surface area (Å²) in [5, 5.41) is 4.10. The van der Waals surface area contributed by atoms with E-state index < -0.39 is 0 Å². The Morgan fingerprint density at radius 3 is 2.68 bits per heavy atom. The lowest BCUT2D eigenvalue weighted by Gasteiger charge is -2.37. The Hall–Kier alpha value is -1.26. The minimum Gasteiger partial charge on any atom is -0.360 e. The highest BCUT2D eigenvalue weighted by atomic mass is 35.5. The number of benzene rings is 1. The number of amides is 1. The number of quaternary nitrogens is 1. The van der Waals surface area contributed by atoms with E-state index in [-0.39, 0.29) is 11.9 Å². The van der Waals surface area contributed by atoms with Gasteiger partial charge in [-0.3, -0.25) is 4.79 Å². The normalized spacial score (nSPS) is 26.3. The molecule has 3 atom stereocenters. The Morgan fingerprint density at radius 1 is 1.28 bits per heavy atom. The summed E-state index contributed by atoms with van der Waals surface area (Å²) in [7, 11) is 0. The minimum atomic E-state index is 0.0237. The maximum atomic E-state index is 12.7. The average molecular weight is 365 g/mol. The fourth-order valence-electron chi connectivity index (χ4n) is 4.18. The number of rotatable bonds is 4. The molecule has 3 rings (SSSR count). The number of hydrogen-bond donors (Lipinski definition) is 2. The highest BCUT2D eigenvalue weighted by Crippen LogP contribution is 2.23. The third kappa shape index (κ3) is 4.68. The number of nitrogens with one attached hydrogen (secondary N) is 2. The van der Waals surface area contributed by atoms with Crippen LogP contribution in [0.4, 0.5) is 5.69 Å². The van der Waals surface area contributed by atoms with Gasteiger partial charge < -0.3 is 15.1 Å². The molecule has 25 heavy (non-hydrogen) atoms. The number of nitrogens with zero attached hydrogens (tertiary/aromatic N) is 1. The number of carbonyl (C=O) groups is 1. The average Bonchev–Trinajstić information content (AvgIpc) is 2.63. The molecular weight excluding hydrogens is 334 g/mol. The maximum absolute atomic E-state index is 12.7. The topological polar surface area (TPSA) is 36.8 Å². The largest absolute Gasteiger partial charge is 0.360 e. The van der Waals surface area contributed by atoms with E-state index in [1.54, 1.807) is 0 Å². The molecule has 1 amide bonds. The van der Waals surface area contributed by atoms with Crippen molar-refractivity contribution in [3.8, 4) is 0 Å². The molecule has 2 aliphatic rings. The summed E-state index contributed by atoms with van der Waals surface area (Å²) in [6.45, 7) is 8.25. The standard InChI is InChI=1S/C20H30ClN3O/c1-15-6-3-4-9-19(15)22-20(25)16(2)23-10-12-24(13-11-23)18-8-5-7-17(21)14-18/h5,7-8,14-16,19H,3-4,6,9-13H2,1-2H3,(H,22,25)/p+1/t15-,16-,19-/m1/s1. The Morgan fingerprint density at radius 2 is 2.00 bits per heavy atom. The lowest BCUT2D eigenvalue weighted by atomic mass is 9.86. The first-order valence-electron chi connectivity index (χ1n) is 9.70. The van der Waals surface area contributed by atoms with Crippen molar-refractivity contribution in [3.63, 3.8) is 0 Å². The molecule has 5 heteroatoms. The quantitative estimate of drug-likeness (QED) is 0.858. The van der Waals surface area contributed by atoms with Crippen LogP contribution in [-0.2, 0) is 4.79 Å². The zero-order valence-corrected chi connectivity index (χ0v) is 16.2. The molecule has 0 bridgehead atoms. The van der Waals surface area contributed by atoms with E-state index in [0.717, 1.165) is 37.6 Å². The van der Waals surface area contributed by atoms with E-state index >= 15 is 0 Å². The molecule has 0 aromatic heterocycles. The predicted octanol–water partition coefficient (Wildman–Crippen LogP) is 2.13. The molecule has 1 aromatic carbocycles. The first-order chi connectivity index (χ1) is 12.0. The first kappa shape index (κ1) is 18.5. The fraction of sp³-hybridized carbons (Fsp3) is 0.650. The van der Waals surface area contributed by atoms with E-state index in [1.165, 1.54) is 29.8 Å². The second kappa shape index (κ2) is 8.41. The van der Waals surface area contributed by atoms with Crippen LogP contribution in [0, 0.1) is 5.92 Å². The second-order valence-corrected chi connectivity index (χ2v) is 8.16. The summed E-state index contributed by atoms with van der Waals surface area (Å²) in [6, 6.07) is 8.43. The summed E-state index contributed by atoms with van der Waals surface area (Å²) in [4.78, 5) is 16.4. The molecular formula is C20H31ClN3O+. The van der Waals surface area contributed by atoms with Gasteiger partial charge >= 0.3 is 0 Å². The number of hydrogen-bond acceptors (Lipinski definition) is 2. The predicted molar refractivity (Wildman–Crippen MR) is 103 cm³/mol. The van der Waals surface area contributed by atoms with Crippen LogP contribution in [0.25, 0.3) is 0 Å². The number of halogens is 1. The molecule has 1 aliphatic carbocycles. The lowest BCUT2D eigenvalue weighted by molar-refractivity contribution is -0.914. The van der Waals surface area contributed by atoms with Gasteiger partial charge in [0.05, 0.1) is 26.2 Å². The molecule has 4 nitrogen and oxygen atoms in total. The first-order valence-corrected chi connectivity index (χ1v) is 10.1. The Balaban J connectivity index is 1.50. The highest BCUT2D eigenvalue weighted by molar-refractivity contribution is 6.30. The van der Waals surface area contributed by atoms with Crippen molar-refractivity contribution in [2.24, 2.45) is 5.92 Å². The van der Waals surface area contributed by atoms with Crippen molar-refractivity contribution in [2.45, 2.75) is 51.6 Å². The summed E-state index contributed by atoms with van der Waals surface area (Å²) in [6.07, 6.45) is 4.93. The fourth-order valence-corrected chi connectivity index (χ4v) is 4.37. The van der Waals surface area contributed by atoms with E-state index in [1.807, 2.05) is 18.2 Å². The highest BCUT2D eigenvalue weighted by Gasteiger charge is 2.32. The van der Waals surface area contributed by atoms with Gasteiger partial charge in [0.25, 0.3) is 5.91 Å². The smallest absolute Gasteiger partial charge is 0.278 e. The van der Waals surface area contributed by atoms with Crippen LogP contribution in [0.15, 0.2) is 24.3 Å². The monoisotopic (exact) mass is 364 g/mol. The van der Waals surface area contributed by atoms with E-state index in [2.05, 4.69) is 30.1 Å². The van der Waals surface area contributed by atoms with Crippen LogP contribution in [0.1, 0.15) is 39.5 Å². The van der Waals surface area contributed by atoms with E-state index in [0.29, 0.717) is 12.0 Å². The molecule has 0 unspecified atom stereocenters. The summed E-state index contributed by atoms with van der Waals surface area (Å²) < 4.78 is 0. The van der Waals surface area contributed by atoms with E-state index in [4.69, 9.17) is 11.6 Å². The molecule has 1 saturated heterocycles. The molecule has 2 N–H and O–H groups in total. The van der Waals surface area contributed by atoms with Crippen molar-refractivity contribution >= 4 is 23.2 Å². The molecule has 1 heterocycles. The van der Waals surface area contributed by atoms with Gasteiger partial charge in [0.2, 0.25) is 0 Å². The Labute approximate surface area is 156 Å². The van der Waals surface area contributed by atoms with Crippen molar-refractivity contribution in [1.82, 2.24) is 5.32 Å². The Kier molecular flexibility index (Phi) is 6.24. The lowest BCUT2D eigenvalue weighted by Crippen LogP contribution is -3.19. The van der Waals surface area contributed by atoms with Gasteiger partial charge in [0, 0.05) is 16.8 Å². The number of piperazine rings is 1. The van der Waals surface area contributed by atoms with Gasteiger partial charge in [-0.15, -0.1) is 0 Å². The molecule has 1 aromatic rings. The molecule has 0 radical (unpaired) electrons. The van der Waals surface area contributed by atoms with E-state index in [9.17, 15) is 4.79 Å². The van der Waals surface area contributed by atoms with Gasteiger partial charge in [0.1, 0.15) is 0 Å². The minimum absolute atomic E-state index is 0.0237. The summed E-state index contributed by atoms with van der Waals surface area (Å²) in [5.74, 6) is 0.838. The molecule has 138 valence electrons. The number of carbonyl (C=O) groups excluding carboxylic acids is 1. The van der Waals surface area contributed by atoms with Crippen LogP contribution in [0.2, 0.25) is 5.02 Å². The van der Waals surface area contributed by atoms with Crippen LogP contribution in [0.3, 0.4) is 0 Å². The summed E-state index contributed by atoms with van der Waals surface area (Å²) >= 11 is 6.10. The van der Waals surface area contributed by atoms with Crippen LogP contribution in [-0.4, -0.2) is 44.2 Å². The van der Waals surface area contributed by atoms with Crippen molar-refractivity contribution in [3.05, 3.63) is 29.3 Å². The molecule has 1 saturated carbocycles. The van der Waals surface area contributed by atoms with Crippen molar-refractivity contribution < 1.29 is 9.69 Å². The van der Waals surface area contributed by atoms with Gasteiger partial charge in [-0.1, -0.05) is 37.4 Å². The molecule has 0 spiro atoms. The van der Waals surface area contributed by atoms with Gasteiger partial charge in [-0.2, -0.15) is 0 Å². The molecule has 1 aliphatic heterocycles.